The molecule has 0 atom stereocenters. The van der Waals surface area contributed by atoms with Crippen LogP contribution < -0.4 is 5.32 Å². The Balaban J connectivity index is 2.28. The van der Waals surface area contributed by atoms with Gasteiger partial charge in [0.1, 0.15) is 0 Å². The van der Waals surface area contributed by atoms with Crippen molar-refractivity contribution in [2.45, 2.75) is 13.8 Å². The standard InChI is InChI=1S/C12H9F3N2OS/c1-5-6(2)19-12(16-5)17-11(18)7-3-4-8(13)10(15)9(7)14/h3-4H,1-2H3,(H,16,17,18). The van der Waals surface area contributed by atoms with E-state index in [1.807, 2.05) is 6.92 Å². The Morgan fingerprint density at radius 2 is 1.89 bits per heavy atom. The summed E-state index contributed by atoms with van der Waals surface area (Å²) in [5.74, 6) is -5.39. The van der Waals surface area contributed by atoms with Gasteiger partial charge < -0.3 is 0 Å². The van der Waals surface area contributed by atoms with Gasteiger partial charge in [0, 0.05) is 4.88 Å². The summed E-state index contributed by atoms with van der Waals surface area (Å²) in [6, 6.07) is 1.59. The number of carbonyl (C=O) groups is 1. The van der Waals surface area contributed by atoms with Crippen LogP contribution in [0.1, 0.15) is 20.9 Å². The third kappa shape index (κ3) is 2.60. The Bertz CT molecular complexity index is 635. The summed E-state index contributed by atoms with van der Waals surface area (Å²) in [5.41, 5.74) is 0.176. The van der Waals surface area contributed by atoms with Crippen LogP contribution in [0.3, 0.4) is 0 Å². The Morgan fingerprint density at radius 3 is 2.47 bits per heavy atom. The molecule has 0 aliphatic rings. The van der Waals surface area contributed by atoms with E-state index in [1.165, 1.54) is 11.3 Å². The van der Waals surface area contributed by atoms with Crippen molar-refractivity contribution in [3.8, 4) is 0 Å². The number of carbonyl (C=O) groups excluding carboxylic acids is 1. The number of anilines is 1. The Hall–Kier alpha value is -1.89. The van der Waals surface area contributed by atoms with Gasteiger partial charge in [-0.25, -0.2) is 18.2 Å². The smallest absolute Gasteiger partial charge is 0.260 e. The molecule has 0 fully saturated rings. The first-order valence-electron chi connectivity index (χ1n) is 5.29. The maximum Gasteiger partial charge on any atom is 0.260 e. The van der Waals surface area contributed by atoms with Crippen molar-refractivity contribution in [2.24, 2.45) is 0 Å². The van der Waals surface area contributed by atoms with E-state index >= 15 is 0 Å². The van der Waals surface area contributed by atoms with Gasteiger partial charge in [0.05, 0.1) is 11.3 Å². The van der Waals surface area contributed by atoms with E-state index in [9.17, 15) is 18.0 Å². The molecule has 1 aromatic carbocycles. The summed E-state index contributed by atoms with van der Waals surface area (Å²) in [4.78, 5) is 16.7. The Morgan fingerprint density at radius 1 is 1.21 bits per heavy atom. The molecule has 0 saturated heterocycles. The van der Waals surface area contributed by atoms with Gasteiger partial charge in [-0.05, 0) is 26.0 Å². The zero-order valence-electron chi connectivity index (χ0n) is 10.1. The van der Waals surface area contributed by atoms with Gasteiger partial charge in [-0.2, -0.15) is 0 Å². The first kappa shape index (κ1) is 13.5. The predicted octanol–water partition coefficient (Wildman–Crippen LogP) is 3.43. The molecular weight excluding hydrogens is 277 g/mol. The van der Waals surface area contributed by atoms with Crippen LogP contribution in [0, 0.1) is 31.3 Å². The van der Waals surface area contributed by atoms with Gasteiger partial charge in [-0.3, -0.25) is 10.1 Å². The van der Waals surface area contributed by atoms with Crippen LogP contribution in [0.15, 0.2) is 12.1 Å². The molecule has 1 amide bonds. The summed E-state index contributed by atoms with van der Waals surface area (Å²) < 4.78 is 39.2. The molecule has 100 valence electrons. The number of rotatable bonds is 2. The van der Waals surface area contributed by atoms with Crippen LogP contribution in [0.2, 0.25) is 0 Å². The third-order valence-electron chi connectivity index (χ3n) is 2.53. The maximum atomic E-state index is 13.4. The normalized spacial score (nSPS) is 10.6. The molecule has 0 aliphatic carbocycles. The number of hydrogen-bond donors (Lipinski definition) is 1. The molecule has 0 bridgehead atoms. The topological polar surface area (TPSA) is 42.0 Å². The third-order valence-corrected chi connectivity index (χ3v) is 3.52. The number of nitrogens with one attached hydrogen (secondary N) is 1. The number of halogens is 3. The zero-order valence-corrected chi connectivity index (χ0v) is 10.9. The fourth-order valence-corrected chi connectivity index (χ4v) is 2.20. The van der Waals surface area contributed by atoms with Crippen molar-refractivity contribution in [3.05, 3.63) is 45.7 Å². The van der Waals surface area contributed by atoms with Gasteiger partial charge in [0.2, 0.25) is 0 Å². The molecule has 0 spiro atoms. The van der Waals surface area contributed by atoms with Crippen molar-refractivity contribution >= 4 is 22.4 Å². The Labute approximate surface area is 111 Å². The van der Waals surface area contributed by atoms with Crippen LogP contribution in [0.5, 0.6) is 0 Å². The zero-order chi connectivity index (χ0) is 14.2. The molecule has 1 N–H and O–H groups in total. The lowest BCUT2D eigenvalue weighted by atomic mass is 10.2. The van der Waals surface area contributed by atoms with Gasteiger partial charge in [0.25, 0.3) is 5.91 Å². The van der Waals surface area contributed by atoms with E-state index in [0.29, 0.717) is 6.07 Å². The van der Waals surface area contributed by atoms with Gasteiger partial charge >= 0.3 is 0 Å². The van der Waals surface area contributed by atoms with Crippen LogP contribution in [0.4, 0.5) is 18.3 Å². The van der Waals surface area contributed by atoms with Crippen molar-refractivity contribution in [1.29, 1.82) is 0 Å². The van der Waals surface area contributed by atoms with Gasteiger partial charge in [0.15, 0.2) is 22.6 Å². The van der Waals surface area contributed by atoms with Crippen molar-refractivity contribution < 1.29 is 18.0 Å². The van der Waals surface area contributed by atoms with Gasteiger partial charge in [-0.15, -0.1) is 11.3 Å². The lowest BCUT2D eigenvalue weighted by Crippen LogP contribution is -2.15. The predicted molar refractivity (Wildman–Crippen MR) is 65.9 cm³/mol. The Kier molecular flexibility index (Phi) is 3.57. The lowest BCUT2D eigenvalue weighted by Gasteiger charge is -2.04. The summed E-state index contributed by atoms with van der Waals surface area (Å²) >= 11 is 1.22. The van der Waals surface area contributed by atoms with Gasteiger partial charge in [-0.1, -0.05) is 0 Å². The number of hydrogen-bond acceptors (Lipinski definition) is 3. The van der Waals surface area contributed by atoms with Crippen molar-refractivity contribution in [1.82, 2.24) is 4.98 Å². The van der Waals surface area contributed by atoms with Crippen LogP contribution in [0.25, 0.3) is 0 Å². The molecule has 7 heteroatoms. The number of nitrogens with zero attached hydrogens (tertiary/aromatic N) is 1. The number of aryl methyl sites for hydroxylation is 2. The largest absolute Gasteiger partial charge is 0.298 e. The monoisotopic (exact) mass is 286 g/mol. The minimum atomic E-state index is -1.67. The van der Waals surface area contributed by atoms with E-state index in [2.05, 4.69) is 10.3 Å². The maximum absolute atomic E-state index is 13.4. The number of thiazole rings is 1. The van der Waals surface area contributed by atoms with Crippen LogP contribution in [-0.4, -0.2) is 10.9 Å². The van der Waals surface area contributed by atoms with E-state index in [-0.39, 0.29) is 5.13 Å². The molecule has 0 unspecified atom stereocenters. The molecule has 3 nitrogen and oxygen atoms in total. The number of aromatic nitrogens is 1. The molecule has 0 aliphatic heterocycles. The van der Waals surface area contributed by atoms with E-state index in [4.69, 9.17) is 0 Å². The molecule has 2 rings (SSSR count). The highest BCUT2D eigenvalue weighted by Crippen LogP contribution is 2.22. The first-order chi connectivity index (χ1) is 8.90. The fraction of sp³-hybridized carbons (Fsp3) is 0.167. The number of benzene rings is 1. The molecule has 2 aromatic rings. The average Bonchev–Trinajstić information content (AvgIpc) is 2.65. The fourth-order valence-electron chi connectivity index (χ4n) is 1.39. The molecule has 0 saturated carbocycles. The highest BCUT2D eigenvalue weighted by atomic mass is 32.1. The van der Waals surface area contributed by atoms with E-state index in [1.54, 1.807) is 6.92 Å². The molecular formula is C12H9F3N2OS. The SMILES string of the molecule is Cc1nc(NC(=O)c2ccc(F)c(F)c2F)sc1C. The highest BCUT2D eigenvalue weighted by molar-refractivity contribution is 7.15. The molecule has 1 aromatic heterocycles. The summed E-state index contributed by atoms with van der Waals surface area (Å²) in [7, 11) is 0. The minimum absolute atomic E-state index is 0.282. The van der Waals surface area contributed by atoms with E-state index in [0.717, 1.165) is 16.6 Å². The van der Waals surface area contributed by atoms with E-state index < -0.39 is 28.9 Å². The minimum Gasteiger partial charge on any atom is -0.298 e. The second-order valence-electron chi connectivity index (χ2n) is 3.84. The first-order valence-corrected chi connectivity index (χ1v) is 6.10. The van der Waals surface area contributed by atoms with Crippen LogP contribution in [-0.2, 0) is 0 Å². The summed E-state index contributed by atoms with van der Waals surface area (Å²) in [5, 5.41) is 2.63. The summed E-state index contributed by atoms with van der Waals surface area (Å²) in [6.45, 7) is 3.58. The quantitative estimate of drug-likeness (QED) is 0.859. The summed E-state index contributed by atoms with van der Waals surface area (Å²) in [6.07, 6.45) is 0. The number of amides is 1. The second kappa shape index (κ2) is 5.00. The van der Waals surface area contributed by atoms with Crippen molar-refractivity contribution in [2.75, 3.05) is 5.32 Å². The highest BCUT2D eigenvalue weighted by Gasteiger charge is 2.19. The average molecular weight is 286 g/mol. The molecule has 19 heavy (non-hydrogen) atoms. The molecule has 0 radical (unpaired) electrons. The lowest BCUT2D eigenvalue weighted by molar-refractivity contribution is 0.102. The van der Waals surface area contributed by atoms with Crippen LogP contribution >= 0.6 is 11.3 Å². The second-order valence-corrected chi connectivity index (χ2v) is 5.04. The molecule has 1 heterocycles. The van der Waals surface area contributed by atoms with Crippen molar-refractivity contribution in [3.63, 3.8) is 0 Å².